The molecule has 0 N–H and O–H groups in total. The van der Waals surface area contributed by atoms with Gasteiger partial charge in [-0.15, -0.1) is 0 Å². The van der Waals surface area contributed by atoms with E-state index in [9.17, 15) is 0 Å². The highest BCUT2D eigenvalue weighted by molar-refractivity contribution is 4.78. The van der Waals surface area contributed by atoms with Gasteiger partial charge in [-0.05, 0) is 37.8 Å². The van der Waals surface area contributed by atoms with Crippen LogP contribution in [0, 0.1) is 11.8 Å². The Morgan fingerprint density at radius 3 is 2.46 bits per heavy atom. The highest BCUT2D eigenvalue weighted by Crippen LogP contribution is 2.29. The molecular formula is C12H25N. The maximum absolute atomic E-state index is 2.62. The smallest absolute Gasteiger partial charge is 0.00122 e. The Bertz CT molecular complexity index is 133. The second kappa shape index (κ2) is 5.64. The van der Waals surface area contributed by atoms with Crippen LogP contribution in [0.4, 0.5) is 0 Å². The minimum absolute atomic E-state index is 0.990. The summed E-state index contributed by atoms with van der Waals surface area (Å²) < 4.78 is 0. The van der Waals surface area contributed by atoms with Gasteiger partial charge in [0.05, 0.1) is 0 Å². The van der Waals surface area contributed by atoms with Crippen LogP contribution in [-0.2, 0) is 0 Å². The van der Waals surface area contributed by atoms with Crippen molar-refractivity contribution < 1.29 is 0 Å². The molecule has 0 saturated carbocycles. The average molecular weight is 183 g/mol. The van der Waals surface area contributed by atoms with E-state index < -0.39 is 0 Å². The van der Waals surface area contributed by atoms with E-state index in [2.05, 4.69) is 25.7 Å². The van der Waals surface area contributed by atoms with Crippen LogP contribution >= 0.6 is 0 Å². The minimum Gasteiger partial charge on any atom is -0.303 e. The first-order valence-electron chi connectivity index (χ1n) is 6.04. The highest BCUT2D eigenvalue weighted by atomic mass is 15.1. The Kier molecular flexibility index (Phi) is 4.79. The zero-order valence-electron chi connectivity index (χ0n) is 9.55. The van der Waals surface area contributed by atoms with E-state index in [1.807, 2.05) is 0 Å². The number of nitrogens with zero attached hydrogens (tertiary/aromatic N) is 1. The third-order valence-electron chi connectivity index (χ3n) is 3.61. The van der Waals surface area contributed by atoms with Gasteiger partial charge in [0.1, 0.15) is 0 Å². The molecule has 1 heteroatoms. The summed E-state index contributed by atoms with van der Waals surface area (Å²) in [5.74, 6) is 2.01. The van der Waals surface area contributed by atoms with E-state index in [-0.39, 0.29) is 0 Å². The summed E-state index contributed by atoms with van der Waals surface area (Å²) >= 11 is 0. The lowest BCUT2D eigenvalue weighted by Crippen LogP contribution is -2.40. The van der Waals surface area contributed by atoms with Gasteiger partial charge in [-0.25, -0.2) is 0 Å². The Balaban J connectivity index is 2.42. The highest BCUT2D eigenvalue weighted by Gasteiger charge is 2.26. The third kappa shape index (κ3) is 2.98. The summed E-state index contributed by atoms with van der Waals surface area (Å²) in [6, 6.07) is 0. The molecule has 0 bridgehead atoms. The number of likely N-dealkylation sites (tertiary alicyclic amines) is 1. The topological polar surface area (TPSA) is 3.24 Å². The molecule has 1 heterocycles. The van der Waals surface area contributed by atoms with Crippen LogP contribution in [-0.4, -0.2) is 24.5 Å². The zero-order chi connectivity index (χ0) is 9.68. The first kappa shape index (κ1) is 11.0. The Labute approximate surface area is 83.5 Å². The van der Waals surface area contributed by atoms with Gasteiger partial charge >= 0.3 is 0 Å². The number of rotatable bonds is 4. The van der Waals surface area contributed by atoms with Gasteiger partial charge in [0.2, 0.25) is 0 Å². The van der Waals surface area contributed by atoms with Gasteiger partial charge < -0.3 is 4.90 Å². The first-order valence-corrected chi connectivity index (χ1v) is 6.04. The maximum Gasteiger partial charge on any atom is 0.00122 e. The number of hydrogen-bond acceptors (Lipinski definition) is 1. The van der Waals surface area contributed by atoms with Crippen LogP contribution in [0.3, 0.4) is 0 Å². The van der Waals surface area contributed by atoms with Crippen molar-refractivity contribution in [3.05, 3.63) is 0 Å². The Morgan fingerprint density at radius 2 is 1.92 bits per heavy atom. The van der Waals surface area contributed by atoms with Crippen molar-refractivity contribution in [3.63, 3.8) is 0 Å². The first-order chi connectivity index (χ1) is 6.31. The van der Waals surface area contributed by atoms with Crippen molar-refractivity contribution in [2.45, 2.75) is 46.5 Å². The molecule has 0 aliphatic carbocycles. The molecule has 13 heavy (non-hydrogen) atoms. The lowest BCUT2D eigenvalue weighted by Gasteiger charge is -2.37. The molecule has 0 spiro atoms. The second-order valence-electron chi connectivity index (χ2n) is 4.40. The molecule has 1 aliphatic rings. The van der Waals surface area contributed by atoms with E-state index >= 15 is 0 Å². The van der Waals surface area contributed by atoms with Gasteiger partial charge in [0.15, 0.2) is 0 Å². The fourth-order valence-corrected chi connectivity index (χ4v) is 2.68. The molecule has 0 aromatic heterocycles. The van der Waals surface area contributed by atoms with Gasteiger partial charge in [-0.2, -0.15) is 0 Å². The van der Waals surface area contributed by atoms with Crippen molar-refractivity contribution in [2.24, 2.45) is 11.8 Å². The molecule has 1 nitrogen and oxygen atoms in total. The quantitative estimate of drug-likeness (QED) is 0.647. The Hall–Kier alpha value is -0.0400. The summed E-state index contributed by atoms with van der Waals surface area (Å²) in [7, 11) is 0. The molecule has 0 aromatic carbocycles. The fraction of sp³-hybridized carbons (Fsp3) is 1.00. The van der Waals surface area contributed by atoms with Crippen LogP contribution in [0.1, 0.15) is 46.5 Å². The molecular weight excluding hydrogens is 158 g/mol. The largest absolute Gasteiger partial charge is 0.303 e. The molecule has 78 valence electrons. The fourth-order valence-electron chi connectivity index (χ4n) is 2.68. The summed E-state index contributed by atoms with van der Waals surface area (Å²) in [5.41, 5.74) is 0. The minimum atomic E-state index is 0.990. The van der Waals surface area contributed by atoms with E-state index in [0.29, 0.717) is 0 Å². The van der Waals surface area contributed by atoms with Gasteiger partial charge in [0, 0.05) is 6.54 Å². The van der Waals surface area contributed by atoms with Crippen molar-refractivity contribution in [1.29, 1.82) is 0 Å². The number of piperidine rings is 1. The summed E-state index contributed by atoms with van der Waals surface area (Å²) in [5, 5.41) is 0. The molecule has 1 aliphatic heterocycles. The molecule has 0 aromatic rings. The van der Waals surface area contributed by atoms with E-state index in [4.69, 9.17) is 0 Å². The van der Waals surface area contributed by atoms with Crippen LogP contribution < -0.4 is 0 Å². The molecule has 1 rings (SSSR count). The standard InChI is InChI=1S/C12H25N/c1-4-7-12-10-13(6-3)9-8-11(12)5-2/h11-12H,4-10H2,1-3H3. The van der Waals surface area contributed by atoms with Crippen molar-refractivity contribution in [2.75, 3.05) is 19.6 Å². The van der Waals surface area contributed by atoms with Crippen molar-refractivity contribution in [1.82, 2.24) is 4.90 Å². The molecule has 0 amide bonds. The van der Waals surface area contributed by atoms with E-state index in [1.165, 1.54) is 45.3 Å². The lowest BCUT2D eigenvalue weighted by atomic mass is 9.81. The molecule has 1 saturated heterocycles. The third-order valence-corrected chi connectivity index (χ3v) is 3.61. The van der Waals surface area contributed by atoms with Gasteiger partial charge in [-0.1, -0.05) is 33.6 Å². The predicted octanol–water partition coefficient (Wildman–Crippen LogP) is 3.15. The molecule has 0 radical (unpaired) electrons. The van der Waals surface area contributed by atoms with Crippen LogP contribution in [0.5, 0.6) is 0 Å². The number of hydrogen-bond donors (Lipinski definition) is 0. The average Bonchev–Trinajstić information content (AvgIpc) is 2.18. The lowest BCUT2D eigenvalue weighted by molar-refractivity contribution is 0.114. The van der Waals surface area contributed by atoms with Gasteiger partial charge in [-0.3, -0.25) is 0 Å². The zero-order valence-corrected chi connectivity index (χ0v) is 9.55. The van der Waals surface area contributed by atoms with Crippen LogP contribution in [0.25, 0.3) is 0 Å². The van der Waals surface area contributed by atoms with E-state index in [0.717, 1.165) is 11.8 Å². The second-order valence-corrected chi connectivity index (χ2v) is 4.40. The van der Waals surface area contributed by atoms with Gasteiger partial charge in [0.25, 0.3) is 0 Å². The monoisotopic (exact) mass is 183 g/mol. The van der Waals surface area contributed by atoms with E-state index in [1.54, 1.807) is 0 Å². The summed E-state index contributed by atoms with van der Waals surface area (Å²) in [6.07, 6.45) is 5.63. The molecule has 2 unspecified atom stereocenters. The molecule has 2 atom stereocenters. The van der Waals surface area contributed by atoms with Crippen LogP contribution in [0.15, 0.2) is 0 Å². The maximum atomic E-state index is 2.62. The van der Waals surface area contributed by atoms with Crippen molar-refractivity contribution >= 4 is 0 Å². The Morgan fingerprint density at radius 1 is 1.15 bits per heavy atom. The summed E-state index contributed by atoms with van der Waals surface area (Å²) in [6.45, 7) is 10.9. The molecule has 1 fully saturated rings. The van der Waals surface area contributed by atoms with Crippen LogP contribution in [0.2, 0.25) is 0 Å². The summed E-state index contributed by atoms with van der Waals surface area (Å²) in [4.78, 5) is 2.62. The van der Waals surface area contributed by atoms with Crippen molar-refractivity contribution in [3.8, 4) is 0 Å². The SMILES string of the molecule is CCCC1CN(CC)CCC1CC. The normalized spacial score (nSPS) is 30.7. The predicted molar refractivity (Wildman–Crippen MR) is 58.9 cm³/mol.